The van der Waals surface area contributed by atoms with Crippen molar-refractivity contribution < 1.29 is 9.18 Å². The average molecular weight is 222 g/mol. The van der Waals surface area contributed by atoms with Crippen LogP contribution in [0.5, 0.6) is 0 Å². The fourth-order valence-corrected chi connectivity index (χ4v) is 1.03. The maximum absolute atomic E-state index is 13.0. The van der Waals surface area contributed by atoms with Crippen LogP contribution in [0.25, 0.3) is 0 Å². The maximum atomic E-state index is 13.0. The second-order valence-electron chi connectivity index (χ2n) is 2.46. The molecule has 70 valence electrons. The number of Topliss-reactive ketones (excluding diaryl/α,β-unsaturated/α-hetero) is 1. The molecule has 0 aliphatic carbocycles. The molecule has 0 bridgehead atoms. The van der Waals surface area contributed by atoms with Crippen LogP contribution in [0.3, 0.4) is 0 Å². The van der Waals surface area contributed by atoms with Crippen molar-refractivity contribution in [2.24, 2.45) is 0 Å². The van der Waals surface area contributed by atoms with Crippen molar-refractivity contribution >= 4 is 29.0 Å². The van der Waals surface area contributed by atoms with Gasteiger partial charge in [-0.2, -0.15) is 0 Å². The Morgan fingerprint density at radius 3 is 2.77 bits per heavy atom. The lowest BCUT2D eigenvalue weighted by molar-refractivity contribution is 0.0982. The molecule has 1 aromatic rings. The minimum absolute atomic E-state index is 0.149. The molecule has 5 heteroatoms. The van der Waals surface area contributed by atoms with E-state index in [0.717, 1.165) is 6.07 Å². The van der Waals surface area contributed by atoms with Crippen LogP contribution in [-0.2, 0) is 0 Å². The molecule has 0 N–H and O–H groups in total. The Hall–Kier alpha value is -0.670. The van der Waals surface area contributed by atoms with Gasteiger partial charge in [0.25, 0.3) is 0 Å². The third-order valence-corrected chi connectivity index (χ3v) is 1.81. The first-order valence-corrected chi connectivity index (χ1v) is 4.33. The van der Waals surface area contributed by atoms with Gasteiger partial charge in [-0.1, -0.05) is 11.6 Å². The molecule has 0 aliphatic rings. The topological polar surface area (TPSA) is 30.0 Å². The molecule has 0 saturated carbocycles. The minimum Gasteiger partial charge on any atom is -0.291 e. The highest BCUT2D eigenvalue weighted by Crippen LogP contribution is 2.14. The van der Waals surface area contributed by atoms with E-state index in [0.29, 0.717) is 0 Å². The number of pyridine rings is 1. The predicted molar refractivity (Wildman–Crippen MR) is 48.9 cm³/mol. The number of ketones is 1. The number of halogens is 3. The van der Waals surface area contributed by atoms with Crippen LogP contribution in [0.4, 0.5) is 4.39 Å². The largest absolute Gasteiger partial charge is 0.291 e. The lowest BCUT2D eigenvalue weighted by Crippen LogP contribution is -2.14. The summed E-state index contributed by atoms with van der Waals surface area (Å²) < 4.78 is 13.0. The van der Waals surface area contributed by atoms with Crippen LogP contribution in [-0.4, -0.2) is 16.1 Å². The lowest BCUT2D eigenvalue weighted by atomic mass is 10.2. The third-order valence-electron chi connectivity index (χ3n) is 1.40. The van der Waals surface area contributed by atoms with Crippen LogP contribution < -0.4 is 0 Å². The molecule has 0 amide bonds. The van der Waals surface area contributed by atoms with E-state index in [1.807, 2.05) is 0 Å². The normalized spacial score (nSPS) is 12.6. The number of rotatable bonds is 2. The van der Waals surface area contributed by atoms with Crippen LogP contribution in [0.1, 0.15) is 17.4 Å². The van der Waals surface area contributed by atoms with E-state index in [2.05, 4.69) is 4.98 Å². The highest BCUT2D eigenvalue weighted by atomic mass is 35.5. The summed E-state index contributed by atoms with van der Waals surface area (Å²) in [5.41, 5.74) is -0.271. The highest BCUT2D eigenvalue weighted by molar-refractivity contribution is 6.33. The number of alkyl halides is 1. The number of carbonyl (C=O) groups is 1. The molecule has 13 heavy (non-hydrogen) atoms. The van der Waals surface area contributed by atoms with E-state index in [-0.39, 0.29) is 10.7 Å². The van der Waals surface area contributed by atoms with Crippen molar-refractivity contribution in [2.75, 3.05) is 0 Å². The summed E-state index contributed by atoms with van der Waals surface area (Å²) in [6.45, 7) is 1.46. The molecule has 2 nitrogen and oxygen atoms in total. The highest BCUT2D eigenvalue weighted by Gasteiger charge is 2.18. The molecule has 0 spiro atoms. The fraction of sp³-hybridized carbons (Fsp3) is 0.250. The van der Waals surface area contributed by atoms with Gasteiger partial charge < -0.3 is 0 Å². The van der Waals surface area contributed by atoms with E-state index in [1.54, 1.807) is 0 Å². The van der Waals surface area contributed by atoms with Crippen LogP contribution in [0, 0.1) is 5.82 Å². The molecular formula is C8H6Cl2FNO. The van der Waals surface area contributed by atoms with Gasteiger partial charge in [0, 0.05) is 6.20 Å². The molecular weight excluding hydrogens is 216 g/mol. The zero-order valence-electron chi connectivity index (χ0n) is 6.72. The fourth-order valence-electron chi connectivity index (χ4n) is 0.784. The van der Waals surface area contributed by atoms with Gasteiger partial charge in [0.15, 0.2) is 5.82 Å². The van der Waals surface area contributed by atoms with E-state index in [9.17, 15) is 9.18 Å². The van der Waals surface area contributed by atoms with Gasteiger partial charge in [0.05, 0.1) is 10.4 Å². The summed E-state index contributed by atoms with van der Waals surface area (Å²) in [4.78, 5) is 14.8. The van der Waals surface area contributed by atoms with Gasteiger partial charge in [0.2, 0.25) is 5.78 Å². The van der Waals surface area contributed by atoms with Crippen LogP contribution in [0.2, 0.25) is 5.02 Å². The summed E-state index contributed by atoms with van der Waals surface area (Å²) in [6, 6.07) is 1.03. The number of hydrogen-bond donors (Lipinski definition) is 0. The zero-order valence-corrected chi connectivity index (χ0v) is 8.23. The summed E-state index contributed by atoms with van der Waals surface area (Å²) in [6.07, 6.45) is 1.21. The Bertz CT molecular complexity index is 341. The van der Waals surface area contributed by atoms with Gasteiger partial charge in [-0.3, -0.25) is 4.79 Å². The first kappa shape index (κ1) is 10.4. The van der Waals surface area contributed by atoms with Gasteiger partial charge in [0.1, 0.15) is 5.69 Å². The quantitative estimate of drug-likeness (QED) is 0.568. The first-order valence-electron chi connectivity index (χ1n) is 3.51. The maximum Gasteiger partial charge on any atom is 0.201 e. The molecule has 0 aromatic carbocycles. The summed E-state index contributed by atoms with van der Waals surface area (Å²) >= 11 is 10.9. The Labute approximate surface area is 84.7 Å². The van der Waals surface area contributed by atoms with Crippen LogP contribution in [0.15, 0.2) is 12.3 Å². The smallest absolute Gasteiger partial charge is 0.201 e. The number of carbonyl (C=O) groups excluding carboxylic acids is 1. The molecule has 0 fully saturated rings. The predicted octanol–water partition coefficient (Wildman–Crippen LogP) is 2.68. The summed E-state index contributed by atoms with van der Waals surface area (Å²) in [5.74, 6) is -1.29. The number of hydrogen-bond acceptors (Lipinski definition) is 2. The first-order chi connectivity index (χ1) is 6.02. The van der Waals surface area contributed by atoms with Crippen molar-refractivity contribution in [3.63, 3.8) is 0 Å². The molecule has 1 unspecified atom stereocenters. The number of nitrogens with zero attached hydrogens (tertiary/aromatic N) is 1. The molecule has 1 aromatic heterocycles. The lowest BCUT2D eigenvalue weighted by Gasteiger charge is -2.02. The van der Waals surface area contributed by atoms with Crippen molar-refractivity contribution in [2.45, 2.75) is 12.3 Å². The molecule has 1 heterocycles. The Morgan fingerprint density at radius 1 is 1.69 bits per heavy atom. The van der Waals surface area contributed by atoms with Gasteiger partial charge in [-0.25, -0.2) is 9.37 Å². The number of aromatic nitrogens is 1. The van der Waals surface area contributed by atoms with Gasteiger partial charge >= 0.3 is 0 Å². The second-order valence-corrected chi connectivity index (χ2v) is 3.56. The van der Waals surface area contributed by atoms with Gasteiger partial charge in [-0.15, -0.1) is 11.6 Å². The van der Waals surface area contributed by atoms with E-state index in [4.69, 9.17) is 23.2 Å². The van der Waals surface area contributed by atoms with Crippen LogP contribution >= 0.6 is 23.2 Å². The van der Waals surface area contributed by atoms with E-state index < -0.39 is 17.0 Å². The van der Waals surface area contributed by atoms with Gasteiger partial charge in [-0.05, 0) is 13.0 Å². The Morgan fingerprint density at radius 2 is 2.31 bits per heavy atom. The van der Waals surface area contributed by atoms with E-state index >= 15 is 0 Å². The Kier molecular flexibility index (Phi) is 3.22. The van der Waals surface area contributed by atoms with Crippen molar-refractivity contribution in [1.82, 2.24) is 4.98 Å². The molecule has 0 aliphatic heterocycles. The third kappa shape index (κ3) is 2.39. The van der Waals surface area contributed by atoms with Crippen molar-refractivity contribution in [3.8, 4) is 0 Å². The monoisotopic (exact) mass is 221 g/mol. The summed E-state index contributed by atoms with van der Waals surface area (Å²) in [5, 5.41) is -0.639. The van der Waals surface area contributed by atoms with E-state index in [1.165, 1.54) is 13.1 Å². The molecule has 1 rings (SSSR count). The molecule has 1 atom stereocenters. The standard InChI is InChI=1S/C8H6Cl2FNO/c1-4(9)8(13)7-6(11)2-5(10)3-12-7/h2-4H,1H3. The van der Waals surface area contributed by atoms with Crippen molar-refractivity contribution in [3.05, 3.63) is 28.8 Å². The zero-order chi connectivity index (χ0) is 10.0. The molecule has 0 radical (unpaired) electrons. The van der Waals surface area contributed by atoms with Crippen molar-refractivity contribution in [1.29, 1.82) is 0 Å². The average Bonchev–Trinajstić information content (AvgIpc) is 2.03. The Balaban J connectivity index is 3.09. The molecule has 0 saturated heterocycles. The summed E-state index contributed by atoms with van der Waals surface area (Å²) in [7, 11) is 0. The SMILES string of the molecule is CC(Cl)C(=O)c1ncc(Cl)cc1F. The minimum atomic E-state index is -0.789. The second kappa shape index (κ2) is 4.03.